The Balaban J connectivity index is 2.13. The van der Waals surface area contributed by atoms with Gasteiger partial charge in [0, 0.05) is 31.7 Å². The van der Waals surface area contributed by atoms with E-state index in [1.165, 1.54) is 5.56 Å². The van der Waals surface area contributed by atoms with Crippen molar-refractivity contribution in [3.63, 3.8) is 0 Å². The van der Waals surface area contributed by atoms with Crippen LogP contribution in [0, 0.1) is 19.7 Å². The summed E-state index contributed by atoms with van der Waals surface area (Å²) in [7, 11) is 0. The highest BCUT2D eigenvalue weighted by Crippen LogP contribution is 2.18. The van der Waals surface area contributed by atoms with E-state index in [9.17, 15) is 4.39 Å². The molecule has 0 radical (unpaired) electrons. The van der Waals surface area contributed by atoms with Crippen molar-refractivity contribution in [1.82, 2.24) is 10.2 Å². The Labute approximate surface area is 109 Å². The third-order valence-electron chi connectivity index (χ3n) is 3.78. The smallest absolute Gasteiger partial charge is 0.129 e. The van der Waals surface area contributed by atoms with Crippen molar-refractivity contribution >= 4 is 0 Å². The van der Waals surface area contributed by atoms with Gasteiger partial charge in [0.15, 0.2) is 0 Å². The summed E-state index contributed by atoms with van der Waals surface area (Å²) in [4.78, 5) is 2.47. The molecule has 1 aliphatic rings. The Morgan fingerprint density at radius 3 is 2.50 bits per heavy atom. The molecule has 1 fully saturated rings. The van der Waals surface area contributed by atoms with Gasteiger partial charge in [-0.05, 0) is 44.4 Å². The molecule has 18 heavy (non-hydrogen) atoms. The quantitative estimate of drug-likeness (QED) is 0.868. The Morgan fingerprint density at radius 1 is 1.28 bits per heavy atom. The largest absolute Gasteiger partial charge is 0.311 e. The van der Waals surface area contributed by atoms with Crippen LogP contribution in [0.2, 0.25) is 0 Å². The fourth-order valence-electron chi connectivity index (χ4n) is 2.68. The molecular formula is C15H23FN2. The summed E-state index contributed by atoms with van der Waals surface area (Å²) in [6.07, 6.45) is 0. The van der Waals surface area contributed by atoms with E-state index < -0.39 is 0 Å². The fraction of sp³-hybridized carbons (Fsp3) is 0.600. The number of hydrogen-bond acceptors (Lipinski definition) is 2. The maximum absolute atomic E-state index is 13.6. The maximum atomic E-state index is 13.6. The van der Waals surface area contributed by atoms with Crippen molar-refractivity contribution in [1.29, 1.82) is 0 Å². The first-order chi connectivity index (χ1) is 8.47. The molecular weight excluding hydrogens is 227 g/mol. The number of halogens is 1. The molecule has 0 bridgehead atoms. The number of benzene rings is 1. The zero-order valence-electron chi connectivity index (χ0n) is 11.8. The third kappa shape index (κ3) is 2.90. The molecule has 1 aliphatic heterocycles. The van der Waals surface area contributed by atoms with Gasteiger partial charge in [0.25, 0.3) is 0 Å². The highest BCUT2D eigenvalue weighted by atomic mass is 19.1. The summed E-state index contributed by atoms with van der Waals surface area (Å²) in [5.41, 5.74) is 2.72. The van der Waals surface area contributed by atoms with Gasteiger partial charge in [0.05, 0.1) is 0 Å². The maximum Gasteiger partial charge on any atom is 0.129 e. The molecule has 2 rings (SSSR count). The van der Waals surface area contributed by atoms with Gasteiger partial charge in [0.1, 0.15) is 5.82 Å². The molecule has 0 spiro atoms. The van der Waals surface area contributed by atoms with Gasteiger partial charge in [0.2, 0.25) is 0 Å². The van der Waals surface area contributed by atoms with E-state index in [1.54, 1.807) is 0 Å². The molecule has 3 heteroatoms. The Hall–Kier alpha value is -0.930. The van der Waals surface area contributed by atoms with Crippen LogP contribution in [0.5, 0.6) is 0 Å². The van der Waals surface area contributed by atoms with Gasteiger partial charge in [-0.25, -0.2) is 4.39 Å². The van der Waals surface area contributed by atoms with Crippen molar-refractivity contribution in [3.8, 4) is 0 Å². The van der Waals surface area contributed by atoms with Gasteiger partial charge in [-0.15, -0.1) is 0 Å². The third-order valence-corrected chi connectivity index (χ3v) is 3.78. The summed E-state index contributed by atoms with van der Waals surface area (Å²) in [5.74, 6) is -0.0690. The van der Waals surface area contributed by atoms with Crippen LogP contribution in [-0.4, -0.2) is 30.1 Å². The number of aryl methyl sites for hydroxylation is 2. The average Bonchev–Trinajstić information content (AvgIpc) is 2.31. The van der Waals surface area contributed by atoms with Crippen molar-refractivity contribution in [2.75, 3.05) is 13.1 Å². The minimum atomic E-state index is -0.0690. The first-order valence-electron chi connectivity index (χ1n) is 6.70. The number of rotatable bonds is 2. The predicted octanol–water partition coefficient (Wildman–Crippen LogP) is 2.62. The number of nitrogens with zero attached hydrogens (tertiary/aromatic N) is 1. The monoisotopic (exact) mass is 250 g/mol. The Bertz CT molecular complexity index is 407. The number of nitrogens with one attached hydrogen (secondary N) is 1. The van der Waals surface area contributed by atoms with Crippen LogP contribution in [0.4, 0.5) is 4.39 Å². The average molecular weight is 250 g/mol. The lowest BCUT2D eigenvalue weighted by Crippen LogP contribution is -2.53. The van der Waals surface area contributed by atoms with Gasteiger partial charge in [-0.2, -0.15) is 0 Å². The molecule has 2 atom stereocenters. The second-order valence-corrected chi connectivity index (χ2v) is 5.63. The molecule has 2 unspecified atom stereocenters. The first-order valence-corrected chi connectivity index (χ1v) is 6.70. The molecule has 1 aromatic carbocycles. The van der Waals surface area contributed by atoms with Gasteiger partial charge >= 0.3 is 0 Å². The molecule has 0 aliphatic carbocycles. The standard InChI is InChI=1S/C15H23FN2/c1-10-5-14(6-11(2)15(10)16)9-18-8-12(3)17-7-13(18)4/h5-6,12-13,17H,7-9H2,1-4H3. The number of piperazine rings is 1. The second-order valence-electron chi connectivity index (χ2n) is 5.63. The molecule has 1 saturated heterocycles. The number of hydrogen-bond donors (Lipinski definition) is 1. The highest BCUT2D eigenvalue weighted by Gasteiger charge is 2.22. The minimum Gasteiger partial charge on any atom is -0.311 e. The zero-order valence-corrected chi connectivity index (χ0v) is 11.8. The van der Waals surface area contributed by atoms with Crippen LogP contribution in [0.3, 0.4) is 0 Å². The lowest BCUT2D eigenvalue weighted by atomic mass is 10.0. The second kappa shape index (κ2) is 5.37. The minimum absolute atomic E-state index is 0.0690. The van der Waals surface area contributed by atoms with Crippen LogP contribution >= 0.6 is 0 Å². The van der Waals surface area contributed by atoms with E-state index in [-0.39, 0.29) is 5.82 Å². The molecule has 2 nitrogen and oxygen atoms in total. The van der Waals surface area contributed by atoms with E-state index in [1.807, 2.05) is 26.0 Å². The molecule has 100 valence electrons. The normalized spacial score (nSPS) is 25.4. The van der Waals surface area contributed by atoms with Gasteiger partial charge in [-0.1, -0.05) is 12.1 Å². The van der Waals surface area contributed by atoms with Crippen molar-refractivity contribution in [2.45, 2.75) is 46.3 Å². The van der Waals surface area contributed by atoms with E-state index in [0.717, 1.165) is 30.8 Å². The lowest BCUT2D eigenvalue weighted by Gasteiger charge is -2.37. The molecule has 0 saturated carbocycles. The summed E-state index contributed by atoms with van der Waals surface area (Å²) < 4.78 is 13.6. The predicted molar refractivity (Wildman–Crippen MR) is 73.2 cm³/mol. The molecule has 1 aromatic rings. The highest BCUT2D eigenvalue weighted by molar-refractivity contribution is 5.30. The van der Waals surface area contributed by atoms with Crippen LogP contribution in [-0.2, 0) is 6.54 Å². The van der Waals surface area contributed by atoms with Gasteiger partial charge in [-0.3, -0.25) is 4.90 Å². The topological polar surface area (TPSA) is 15.3 Å². The van der Waals surface area contributed by atoms with Crippen LogP contribution in [0.1, 0.15) is 30.5 Å². The van der Waals surface area contributed by atoms with Crippen molar-refractivity contribution in [3.05, 3.63) is 34.6 Å². The van der Waals surface area contributed by atoms with Crippen molar-refractivity contribution < 1.29 is 4.39 Å². The molecule has 1 heterocycles. The van der Waals surface area contributed by atoms with E-state index >= 15 is 0 Å². The van der Waals surface area contributed by atoms with E-state index in [4.69, 9.17) is 0 Å². The molecule has 0 aromatic heterocycles. The van der Waals surface area contributed by atoms with Crippen LogP contribution in [0.25, 0.3) is 0 Å². The van der Waals surface area contributed by atoms with E-state index in [0.29, 0.717) is 12.1 Å². The Kier molecular flexibility index (Phi) is 4.03. The first kappa shape index (κ1) is 13.5. The van der Waals surface area contributed by atoms with Crippen LogP contribution in [0.15, 0.2) is 12.1 Å². The lowest BCUT2D eigenvalue weighted by molar-refractivity contribution is 0.139. The Morgan fingerprint density at radius 2 is 1.89 bits per heavy atom. The summed E-state index contributed by atoms with van der Waals surface area (Å²) >= 11 is 0. The van der Waals surface area contributed by atoms with Gasteiger partial charge < -0.3 is 5.32 Å². The summed E-state index contributed by atoms with van der Waals surface area (Å²) in [6.45, 7) is 11.1. The molecule has 1 N–H and O–H groups in total. The summed E-state index contributed by atoms with van der Waals surface area (Å²) in [5, 5.41) is 3.48. The summed E-state index contributed by atoms with van der Waals surface area (Å²) in [6, 6.07) is 5.01. The zero-order chi connectivity index (χ0) is 13.3. The fourth-order valence-corrected chi connectivity index (χ4v) is 2.68. The van der Waals surface area contributed by atoms with E-state index in [2.05, 4.69) is 24.1 Å². The van der Waals surface area contributed by atoms with Crippen LogP contribution < -0.4 is 5.32 Å². The molecule has 0 amide bonds. The van der Waals surface area contributed by atoms with Crippen molar-refractivity contribution in [2.24, 2.45) is 0 Å². The SMILES string of the molecule is Cc1cc(CN2CC(C)NCC2C)cc(C)c1F.